The summed E-state index contributed by atoms with van der Waals surface area (Å²) >= 11 is 0. The lowest BCUT2D eigenvalue weighted by atomic mass is 10.1. The Morgan fingerprint density at radius 3 is 2.20 bits per heavy atom. The number of rotatable bonds is 0. The van der Waals surface area contributed by atoms with Crippen LogP contribution >= 0.6 is 0 Å². The minimum absolute atomic E-state index is 0.0145. The fraction of sp³-hybridized carbons (Fsp3) is 0.500. The van der Waals surface area contributed by atoms with Crippen LogP contribution < -0.4 is 0 Å². The molecule has 1 rings (SSSR count). The Balaban J connectivity index is 2.79. The van der Waals surface area contributed by atoms with Gasteiger partial charge in [0, 0.05) is 12.8 Å². The molecule has 10 heavy (non-hydrogen) atoms. The largest absolute Gasteiger partial charge is 0.298 e. The number of carbonyl (C=O) groups excluding carboxylic acids is 2. The van der Waals surface area contributed by atoms with Crippen LogP contribution in [0.3, 0.4) is 0 Å². The molecule has 0 spiro atoms. The van der Waals surface area contributed by atoms with Crippen LogP contribution in [0.25, 0.3) is 0 Å². The minimum atomic E-state index is -0.593. The number of hydrogen-bond donors (Lipinski definition) is 0. The van der Waals surface area contributed by atoms with E-state index in [-0.39, 0.29) is 11.6 Å². The Kier molecular flexibility index (Phi) is 1.86. The van der Waals surface area contributed by atoms with Crippen LogP contribution in [-0.4, -0.2) is 11.6 Å². The van der Waals surface area contributed by atoms with Crippen molar-refractivity contribution in [2.45, 2.75) is 19.8 Å². The molecule has 52 valence electrons. The van der Waals surface area contributed by atoms with E-state index < -0.39 is 5.92 Å². The summed E-state index contributed by atoms with van der Waals surface area (Å²) in [5.74, 6) is 4.55. The van der Waals surface area contributed by atoms with Gasteiger partial charge in [0.15, 0.2) is 11.6 Å². The molecular weight excluding hydrogens is 128 g/mol. The molecule has 0 amide bonds. The van der Waals surface area contributed by atoms with Crippen molar-refractivity contribution < 1.29 is 9.59 Å². The van der Waals surface area contributed by atoms with Gasteiger partial charge in [-0.25, -0.2) is 0 Å². The zero-order valence-corrected chi connectivity index (χ0v) is 5.81. The third-order valence-electron chi connectivity index (χ3n) is 1.55. The highest BCUT2D eigenvalue weighted by atomic mass is 16.2. The minimum Gasteiger partial charge on any atom is -0.298 e. The molecule has 0 heterocycles. The summed E-state index contributed by atoms with van der Waals surface area (Å²) in [6.45, 7) is 1.64. The molecular formula is C8H8O2. The number of Topliss-reactive ketones (excluding diaryl/α,β-unsaturated/α-hetero) is 2. The Hall–Kier alpha value is -1.10. The van der Waals surface area contributed by atoms with Gasteiger partial charge in [-0.1, -0.05) is 5.92 Å². The Morgan fingerprint density at radius 2 is 1.80 bits per heavy atom. The Labute approximate surface area is 59.6 Å². The van der Waals surface area contributed by atoms with Gasteiger partial charge >= 0.3 is 0 Å². The highest BCUT2D eigenvalue weighted by Crippen LogP contribution is 2.16. The molecule has 1 aliphatic rings. The smallest absolute Gasteiger partial charge is 0.155 e. The lowest BCUT2D eigenvalue weighted by Gasteiger charge is -1.91. The summed E-state index contributed by atoms with van der Waals surface area (Å²) in [6.07, 6.45) is 0.774. The fourth-order valence-electron chi connectivity index (χ4n) is 1.02. The van der Waals surface area contributed by atoms with Crippen molar-refractivity contribution >= 4 is 11.6 Å². The summed E-state index contributed by atoms with van der Waals surface area (Å²) in [7, 11) is 0. The molecule has 0 aliphatic heterocycles. The second kappa shape index (κ2) is 2.66. The second-order valence-corrected chi connectivity index (χ2v) is 2.26. The summed E-state index contributed by atoms with van der Waals surface area (Å²) in [6, 6.07) is 0. The summed E-state index contributed by atoms with van der Waals surface area (Å²) in [4.78, 5) is 21.7. The van der Waals surface area contributed by atoms with E-state index >= 15 is 0 Å². The van der Waals surface area contributed by atoms with Crippen molar-refractivity contribution in [1.29, 1.82) is 0 Å². The maximum absolute atomic E-state index is 10.9. The molecule has 2 heteroatoms. The molecule has 0 bridgehead atoms. The van der Waals surface area contributed by atoms with Gasteiger partial charge in [0.25, 0.3) is 0 Å². The number of hydrogen-bond acceptors (Lipinski definition) is 2. The molecule has 0 aromatic heterocycles. The van der Waals surface area contributed by atoms with Crippen LogP contribution in [0.15, 0.2) is 0 Å². The van der Waals surface area contributed by atoms with Crippen molar-refractivity contribution in [2.75, 3.05) is 0 Å². The maximum atomic E-state index is 10.9. The van der Waals surface area contributed by atoms with E-state index in [4.69, 9.17) is 0 Å². The first-order chi connectivity index (χ1) is 4.75. The van der Waals surface area contributed by atoms with Crippen molar-refractivity contribution in [1.82, 2.24) is 0 Å². The molecule has 1 aliphatic carbocycles. The van der Waals surface area contributed by atoms with E-state index in [2.05, 4.69) is 11.8 Å². The molecule has 1 fully saturated rings. The van der Waals surface area contributed by atoms with Crippen LogP contribution in [-0.2, 0) is 9.59 Å². The third kappa shape index (κ3) is 1.08. The number of ketones is 2. The van der Waals surface area contributed by atoms with Crippen molar-refractivity contribution in [3.8, 4) is 11.8 Å². The normalized spacial score (nSPS) is 18.9. The van der Waals surface area contributed by atoms with E-state index in [0.717, 1.165) is 0 Å². The summed E-state index contributed by atoms with van der Waals surface area (Å²) in [5.41, 5.74) is 0. The SMILES string of the molecule is CC#CC1C(=O)CCC1=O. The van der Waals surface area contributed by atoms with Gasteiger partial charge in [0.1, 0.15) is 5.92 Å². The third-order valence-corrected chi connectivity index (χ3v) is 1.55. The van der Waals surface area contributed by atoms with E-state index in [1.807, 2.05) is 0 Å². The van der Waals surface area contributed by atoms with E-state index in [0.29, 0.717) is 12.8 Å². The van der Waals surface area contributed by atoms with Crippen molar-refractivity contribution in [2.24, 2.45) is 5.92 Å². The Morgan fingerprint density at radius 1 is 1.30 bits per heavy atom. The molecule has 0 N–H and O–H groups in total. The van der Waals surface area contributed by atoms with E-state index in [1.54, 1.807) is 6.92 Å². The average Bonchev–Trinajstić information content (AvgIpc) is 2.20. The molecule has 0 radical (unpaired) electrons. The van der Waals surface area contributed by atoms with Gasteiger partial charge in [0.05, 0.1) is 0 Å². The molecule has 0 saturated heterocycles. The van der Waals surface area contributed by atoms with Crippen LogP contribution in [0.4, 0.5) is 0 Å². The molecule has 0 atom stereocenters. The van der Waals surface area contributed by atoms with Gasteiger partial charge in [0.2, 0.25) is 0 Å². The average molecular weight is 136 g/mol. The van der Waals surface area contributed by atoms with Crippen LogP contribution in [0.1, 0.15) is 19.8 Å². The first-order valence-corrected chi connectivity index (χ1v) is 3.23. The lowest BCUT2D eigenvalue weighted by molar-refractivity contribution is -0.124. The highest BCUT2D eigenvalue weighted by Gasteiger charge is 2.30. The fourth-order valence-corrected chi connectivity index (χ4v) is 1.02. The topological polar surface area (TPSA) is 34.1 Å². The molecule has 2 nitrogen and oxygen atoms in total. The van der Waals surface area contributed by atoms with E-state index in [1.165, 1.54) is 0 Å². The van der Waals surface area contributed by atoms with Gasteiger partial charge in [-0.2, -0.15) is 0 Å². The van der Waals surface area contributed by atoms with Crippen LogP contribution in [0.2, 0.25) is 0 Å². The number of carbonyl (C=O) groups is 2. The van der Waals surface area contributed by atoms with Crippen molar-refractivity contribution in [3.63, 3.8) is 0 Å². The van der Waals surface area contributed by atoms with Gasteiger partial charge < -0.3 is 0 Å². The van der Waals surface area contributed by atoms with Gasteiger partial charge in [-0.15, -0.1) is 5.92 Å². The zero-order chi connectivity index (χ0) is 7.56. The van der Waals surface area contributed by atoms with Crippen LogP contribution in [0.5, 0.6) is 0 Å². The van der Waals surface area contributed by atoms with Crippen molar-refractivity contribution in [3.05, 3.63) is 0 Å². The Bertz CT molecular complexity index is 213. The predicted molar refractivity (Wildman–Crippen MR) is 36.2 cm³/mol. The second-order valence-electron chi connectivity index (χ2n) is 2.26. The molecule has 1 saturated carbocycles. The molecule has 0 aromatic rings. The molecule has 0 unspecified atom stereocenters. The van der Waals surface area contributed by atoms with Gasteiger partial charge in [-0.05, 0) is 6.92 Å². The first kappa shape index (κ1) is 7.01. The summed E-state index contributed by atoms with van der Waals surface area (Å²) in [5, 5.41) is 0. The maximum Gasteiger partial charge on any atom is 0.155 e. The quantitative estimate of drug-likeness (QED) is 0.360. The predicted octanol–water partition coefficient (Wildman–Crippen LogP) is 0.558. The molecule has 0 aromatic carbocycles. The summed E-state index contributed by atoms with van der Waals surface area (Å²) < 4.78 is 0. The van der Waals surface area contributed by atoms with E-state index in [9.17, 15) is 9.59 Å². The highest BCUT2D eigenvalue weighted by molar-refractivity contribution is 6.11. The zero-order valence-electron chi connectivity index (χ0n) is 5.81. The monoisotopic (exact) mass is 136 g/mol. The van der Waals surface area contributed by atoms with Crippen LogP contribution in [0, 0.1) is 17.8 Å². The lowest BCUT2D eigenvalue weighted by Crippen LogP contribution is -2.11. The standard InChI is InChI=1S/C8H8O2/c1-2-3-6-7(9)4-5-8(6)10/h6H,4-5H2,1H3. The van der Waals surface area contributed by atoms with Gasteiger partial charge in [-0.3, -0.25) is 9.59 Å². The first-order valence-electron chi connectivity index (χ1n) is 3.23.